The third-order valence-corrected chi connectivity index (χ3v) is 2.19. The lowest BCUT2D eigenvalue weighted by Gasteiger charge is -2.01. The molecule has 1 N–H and O–H groups in total. The third-order valence-electron chi connectivity index (χ3n) is 2.19. The van der Waals surface area contributed by atoms with E-state index in [4.69, 9.17) is 0 Å². The van der Waals surface area contributed by atoms with Crippen LogP contribution in [0.3, 0.4) is 0 Å². The Morgan fingerprint density at radius 2 is 2.07 bits per heavy atom. The van der Waals surface area contributed by atoms with Gasteiger partial charge in [0.2, 0.25) is 0 Å². The maximum Gasteiger partial charge on any atom is 0.116 e. The van der Waals surface area contributed by atoms with Crippen LogP contribution in [0.15, 0.2) is 55.1 Å². The summed E-state index contributed by atoms with van der Waals surface area (Å²) >= 11 is 0. The number of allylic oxidation sites excluding steroid dienone is 4. The molecule has 1 rings (SSSR count). The number of hydrogen-bond acceptors (Lipinski definition) is 1. The Labute approximate surface area is 91.1 Å². The van der Waals surface area contributed by atoms with Crippen LogP contribution in [0, 0.1) is 0 Å². The van der Waals surface area contributed by atoms with Crippen molar-refractivity contribution in [1.82, 2.24) is 0 Å². The molecular weight excluding hydrogens is 184 g/mol. The van der Waals surface area contributed by atoms with Crippen LogP contribution >= 0.6 is 0 Å². The zero-order chi connectivity index (χ0) is 11.3. The molecule has 1 aromatic rings. The molecule has 0 atom stereocenters. The van der Waals surface area contributed by atoms with Gasteiger partial charge in [0, 0.05) is 0 Å². The maximum atomic E-state index is 9.30. The van der Waals surface area contributed by atoms with Gasteiger partial charge in [-0.1, -0.05) is 49.9 Å². The molecule has 0 radical (unpaired) electrons. The highest BCUT2D eigenvalue weighted by molar-refractivity contribution is 5.73. The van der Waals surface area contributed by atoms with Crippen molar-refractivity contribution >= 4 is 5.57 Å². The van der Waals surface area contributed by atoms with Gasteiger partial charge in [0.05, 0.1) is 0 Å². The van der Waals surface area contributed by atoms with E-state index >= 15 is 0 Å². The third kappa shape index (κ3) is 3.47. The van der Waals surface area contributed by atoms with Crippen molar-refractivity contribution in [2.24, 2.45) is 0 Å². The Balaban J connectivity index is 2.78. The van der Waals surface area contributed by atoms with Crippen LogP contribution in [0.25, 0.3) is 5.57 Å². The highest BCUT2D eigenvalue weighted by atomic mass is 16.3. The van der Waals surface area contributed by atoms with Crippen molar-refractivity contribution < 1.29 is 5.11 Å². The van der Waals surface area contributed by atoms with E-state index in [9.17, 15) is 5.11 Å². The largest absolute Gasteiger partial charge is 0.508 e. The molecule has 0 amide bonds. The van der Waals surface area contributed by atoms with Crippen LogP contribution in [0.5, 0.6) is 5.75 Å². The van der Waals surface area contributed by atoms with Crippen molar-refractivity contribution in [2.45, 2.75) is 13.3 Å². The number of phenols is 1. The second-order valence-corrected chi connectivity index (χ2v) is 3.42. The van der Waals surface area contributed by atoms with Gasteiger partial charge in [0.1, 0.15) is 5.75 Å². The highest BCUT2D eigenvalue weighted by Gasteiger charge is 1.95. The first-order valence-corrected chi connectivity index (χ1v) is 4.97. The molecule has 0 aliphatic carbocycles. The van der Waals surface area contributed by atoms with E-state index in [0.717, 1.165) is 23.1 Å². The summed E-state index contributed by atoms with van der Waals surface area (Å²) in [6, 6.07) is 7.06. The normalized spacial score (nSPS) is 10.5. The Morgan fingerprint density at radius 1 is 1.33 bits per heavy atom. The second kappa shape index (κ2) is 5.20. The van der Waals surface area contributed by atoms with Crippen LogP contribution in [-0.4, -0.2) is 5.11 Å². The lowest BCUT2D eigenvalue weighted by Crippen LogP contribution is -1.79. The second-order valence-electron chi connectivity index (χ2n) is 3.42. The zero-order valence-electron chi connectivity index (χ0n) is 9.03. The fourth-order valence-electron chi connectivity index (χ4n) is 1.14. The molecule has 0 bridgehead atoms. The van der Waals surface area contributed by atoms with E-state index in [1.54, 1.807) is 18.2 Å². The van der Waals surface area contributed by atoms with E-state index in [-0.39, 0.29) is 5.75 Å². The van der Waals surface area contributed by atoms with Gasteiger partial charge in [0.25, 0.3) is 0 Å². The minimum atomic E-state index is 0.261. The van der Waals surface area contributed by atoms with Gasteiger partial charge >= 0.3 is 0 Å². The van der Waals surface area contributed by atoms with Crippen LogP contribution in [-0.2, 0) is 0 Å². The quantitative estimate of drug-likeness (QED) is 0.730. The van der Waals surface area contributed by atoms with Gasteiger partial charge in [-0.2, -0.15) is 0 Å². The summed E-state index contributed by atoms with van der Waals surface area (Å²) in [5.74, 6) is 0.261. The summed E-state index contributed by atoms with van der Waals surface area (Å²) in [6.45, 7) is 9.87. The molecule has 0 aliphatic rings. The number of benzene rings is 1. The van der Waals surface area contributed by atoms with Gasteiger partial charge < -0.3 is 5.11 Å². The molecule has 0 aliphatic heterocycles. The minimum absolute atomic E-state index is 0.261. The number of aromatic hydroxyl groups is 1. The van der Waals surface area contributed by atoms with Gasteiger partial charge in [-0.3, -0.25) is 0 Å². The van der Waals surface area contributed by atoms with E-state index < -0.39 is 0 Å². The number of rotatable bonds is 4. The molecule has 1 heteroatoms. The molecule has 15 heavy (non-hydrogen) atoms. The molecule has 0 fully saturated rings. The Hall–Kier alpha value is -1.76. The average molecular weight is 200 g/mol. The molecule has 0 saturated heterocycles. The topological polar surface area (TPSA) is 20.2 Å². The predicted molar refractivity (Wildman–Crippen MR) is 65.7 cm³/mol. The van der Waals surface area contributed by atoms with Crippen molar-refractivity contribution in [2.75, 3.05) is 0 Å². The summed E-state index contributed by atoms with van der Waals surface area (Å²) < 4.78 is 0. The van der Waals surface area contributed by atoms with Crippen LogP contribution in [0.2, 0.25) is 0 Å². The molecule has 0 unspecified atom stereocenters. The van der Waals surface area contributed by atoms with E-state index in [1.165, 1.54) is 0 Å². The molecule has 78 valence electrons. The van der Waals surface area contributed by atoms with Crippen molar-refractivity contribution in [3.05, 3.63) is 60.7 Å². The summed E-state index contributed by atoms with van der Waals surface area (Å²) in [5, 5.41) is 9.30. The van der Waals surface area contributed by atoms with Gasteiger partial charge in [-0.15, -0.1) is 0 Å². The fraction of sp³-hybridized carbons (Fsp3) is 0.143. The molecule has 1 aromatic carbocycles. The molecular formula is C14H16O. The first-order valence-electron chi connectivity index (χ1n) is 4.97. The summed E-state index contributed by atoms with van der Waals surface area (Å²) in [4.78, 5) is 0. The van der Waals surface area contributed by atoms with Crippen LogP contribution in [0.1, 0.15) is 18.9 Å². The zero-order valence-corrected chi connectivity index (χ0v) is 9.03. The first-order chi connectivity index (χ1) is 7.13. The summed E-state index contributed by atoms with van der Waals surface area (Å²) in [5.41, 5.74) is 2.87. The van der Waals surface area contributed by atoms with Crippen molar-refractivity contribution in [3.63, 3.8) is 0 Å². The van der Waals surface area contributed by atoms with Crippen molar-refractivity contribution in [3.8, 4) is 5.75 Å². The minimum Gasteiger partial charge on any atom is -0.508 e. The van der Waals surface area contributed by atoms with Crippen LogP contribution in [0.4, 0.5) is 0 Å². The van der Waals surface area contributed by atoms with Gasteiger partial charge in [0.15, 0.2) is 0 Å². The predicted octanol–water partition coefficient (Wildman–Crippen LogP) is 3.93. The summed E-state index contributed by atoms with van der Waals surface area (Å²) in [7, 11) is 0. The van der Waals surface area contributed by atoms with E-state index in [2.05, 4.69) is 20.1 Å². The average Bonchev–Trinajstić information content (AvgIpc) is 2.25. The SMILES string of the molecule is C=C(/C=C\C(=C)c1cccc(O)c1)CC. The smallest absolute Gasteiger partial charge is 0.116 e. The van der Waals surface area contributed by atoms with E-state index in [1.807, 2.05) is 18.2 Å². The van der Waals surface area contributed by atoms with Crippen LogP contribution < -0.4 is 0 Å². The lowest BCUT2D eigenvalue weighted by atomic mass is 10.1. The molecule has 0 aromatic heterocycles. The Bertz CT molecular complexity index is 400. The Kier molecular flexibility index (Phi) is 3.92. The monoisotopic (exact) mass is 200 g/mol. The van der Waals surface area contributed by atoms with Crippen molar-refractivity contribution in [1.29, 1.82) is 0 Å². The van der Waals surface area contributed by atoms with E-state index in [0.29, 0.717) is 0 Å². The van der Waals surface area contributed by atoms with Gasteiger partial charge in [-0.05, 0) is 29.7 Å². The number of hydrogen-bond donors (Lipinski definition) is 1. The molecule has 0 heterocycles. The molecule has 1 nitrogen and oxygen atoms in total. The number of phenolic OH excluding ortho intramolecular Hbond substituents is 1. The first kappa shape index (κ1) is 11.3. The summed E-state index contributed by atoms with van der Waals surface area (Å²) in [6.07, 6.45) is 4.80. The Morgan fingerprint density at radius 3 is 2.67 bits per heavy atom. The highest BCUT2D eigenvalue weighted by Crippen LogP contribution is 2.19. The maximum absolute atomic E-state index is 9.30. The molecule has 0 spiro atoms. The standard InChI is InChI=1S/C14H16O/c1-4-11(2)8-9-12(3)13-6-5-7-14(15)10-13/h5-10,15H,2-4H2,1H3/b9-8-. The lowest BCUT2D eigenvalue weighted by molar-refractivity contribution is 0.475. The molecule has 0 saturated carbocycles. The fourth-order valence-corrected chi connectivity index (χ4v) is 1.14. The van der Waals surface area contributed by atoms with Gasteiger partial charge in [-0.25, -0.2) is 0 Å².